The summed E-state index contributed by atoms with van der Waals surface area (Å²) in [4.78, 5) is 23.6. The van der Waals surface area contributed by atoms with Crippen LogP contribution in [0.3, 0.4) is 0 Å². The number of carbonyl (C=O) groups is 2. The number of benzene rings is 3. The SMILES string of the molecule is O=C(COC(=O)c1c(F)cccc1F)Nc1ccc(Oc2ccccc2)cc1. The molecule has 0 aromatic heterocycles. The second kappa shape index (κ2) is 8.77. The van der Waals surface area contributed by atoms with E-state index >= 15 is 0 Å². The van der Waals surface area contributed by atoms with E-state index in [9.17, 15) is 18.4 Å². The maximum atomic E-state index is 13.5. The van der Waals surface area contributed by atoms with Gasteiger partial charge in [0.2, 0.25) is 0 Å². The third kappa shape index (κ3) is 4.91. The van der Waals surface area contributed by atoms with Crippen molar-refractivity contribution in [3.05, 3.63) is 90.0 Å². The van der Waals surface area contributed by atoms with Crippen LogP contribution in [0.1, 0.15) is 10.4 Å². The zero-order chi connectivity index (χ0) is 19.9. The Morgan fingerprint density at radius 2 is 1.39 bits per heavy atom. The zero-order valence-corrected chi connectivity index (χ0v) is 14.5. The molecule has 0 fully saturated rings. The van der Waals surface area contributed by atoms with Gasteiger partial charge in [-0.3, -0.25) is 4.79 Å². The normalized spacial score (nSPS) is 10.2. The Hall–Kier alpha value is -3.74. The van der Waals surface area contributed by atoms with Crippen molar-refractivity contribution >= 4 is 17.6 Å². The van der Waals surface area contributed by atoms with E-state index in [1.807, 2.05) is 30.3 Å². The Bertz CT molecular complexity index is 955. The van der Waals surface area contributed by atoms with Crippen molar-refractivity contribution in [3.8, 4) is 11.5 Å². The lowest BCUT2D eigenvalue weighted by Crippen LogP contribution is -2.21. The summed E-state index contributed by atoms with van der Waals surface area (Å²) < 4.78 is 37.3. The van der Waals surface area contributed by atoms with Crippen molar-refractivity contribution in [1.29, 1.82) is 0 Å². The van der Waals surface area contributed by atoms with Gasteiger partial charge in [-0.2, -0.15) is 0 Å². The smallest absolute Gasteiger partial charge is 0.344 e. The van der Waals surface area contributed by atoms with Gasteiger partial charge in [-0.25, -0.2) is 13.6 Å². The lowest BCUT2D eigenvalue weighted by Gasteiger charge is -2.09. The summed E-state index contributed by atoms with van der Waals surface area (Å²) in [6.07, 6.45) is 0. The number of amides is 1. The number of ether oxygens (including phenoxy) is 2. The van der Waals surface area contributed by atoms with Crippen molar-refractivity contribution < 1.29 is 27.8 Å². The van der Waals surface area contributed by atoms with Crippen LogP contribution in [0.25, 0.3) is 0 Å². The van der Waals surface area contributed by atoms with Crippen LogP contribution in [0.2, 0.25) is 0 Å². The number of hydrogen-bond acceptors (Lipinski definition) is 4. The Morgan fingerprint density at radius 3 is 2.04 bits per heavy atom. The van der Waals surface area contributed by atoms with Crippen LogP contribution in [0.15, 0.2) is 72.8 Å². The quantitative estimate of drug-likeness (QED) is 0.634. The minimum absolute atomic E-state index is 0.443. The molecule has 7 heteroatoms. The highest BCUT2D eigenvalue weighted by molar-refractivity contribution is 5.95. The van der Waals surface area contributed by atoms with Crippen LogP contribution in [0.5, 0.6) is 11.5 Å². The summed E-state index contributed by atoms with van der Waals surface area (Å²) in [7, 11) is 0. The van der Waals surface area contributed by atoms with Crippen molar-refractivity contribution in [2.75, 3.05) is 11.9 Å². The molecule has 0 bridgehead atoms. The summed E-state index contributed by atoms with van der Waals surface area (Å²) in [5.74, 6) is -2.77. The van der Waals surface area contributed by atoms with E-state index in [2.05, 4.69) is 10.1 Å². The average molecular weight is 383 g/mol. The van der Waals surface area contributed by atoms with E-state index in [1.54, 1.807) is 24.3 Å². The highest BCUT2D eigenvalue weighted by atomic mass is 19.1. The Balaban J connectivity index is 1.53. The molecule has 5 nitrogen and oxygen atoms in total. The molecule has 0 unspecified atom stereocenters. The lowest BCUT2D eigenvalue weighted by atomic mass is 10.2. The molecule has 3 aromatic carbocycles. The van der Waals surface area contributed by atoms with Gasteiger partial charge in [0.1, 0.15) is 28.7 Å². The minimum atomic E-state index is -1.25. The third-order valence-electron chi connectivity index (χ3n) is 3.62. The second-order valence-electron chi connectivity index (χ2n) is 5.66. The topological polar surface area (TPSA) is 64.6 Å². The first-order chi connectivity index (χ1) is 13.5. The lowest BCUT2D eigenvalue weighted by molar-refractivity contribution is -0.119. The molecule has 0 radical (unpaired) electrons. The fourth-order valence-electron chi connectivity index (χ4n) is 2.32. The predicted molar refractivity (Wildman–Crippen MR) is 98.2 cm³/mol. The van der Waals surface area contributed by atoms with Crippen LogP contribution < -0.4 is 10.1 Å². The first-order valence-electron chi connectivity index (χ1n) is 8.27. The van der Waals surface area contributed by atoms with E-state index in [-0.39, 0.29) is 0 Å². The predicted octanol–water partition coefficient (Wildman–Crippen LogP) is 4.55. The minimum Gasteiger partial charge on any atom is -0.457 e. The van der Waals surface area contributed by atoms with Crippen LogP contribution >= 0.6 is 0 Å². The van der Waals surface area contributed by atoms with Gasteiger partial charge in [-0.1, -0.05) is 24.3 Å². The molecule has 0 saturated carbocycles. The van der Waals surface area contributed by atoms with Crippen molar-refractivity contribution in [2.45, 2.75) is 0 Å². The molecule has 0 aliphatic rings. The average Bonchev–Trinajstić information content (AvgIpc) is 2.69. The second-order valence-corrected chi connectivity index (χ2v) is 5.66. The molecule has 0 spiro atoms. The van der Waals surface area contributed by atoms with Crippen LogP contribution in [0.4, 0.5) is 14.5 Å². The molecule has 142 valence electrons. The Kier molecular flexibility index (Phi) is 5.96. The summed E-state index contributed by atoms with van der Waals surface area (Å²) in [5, 5.41) is 2.51. The number of rotatable bonds is 6. The molecular formula is C21H15F2NO4. The molecular weight excluding hydrogens is 368 g/mol. The summed E-state index contributed by atoms with van der Waals surface area (Å²) in [5.41, 5.74) is -0.392. The molecule has 0 aliphatic heterocycles. The third-order valence-corrected chi connectivity index (χ3v) is 3.62. The van der Waals surface area contributed by atoms with Crippen molar-refractivity contribution in [1.82, 2.24) is 0 Å². The van der Waals surface area contributed by atoms with E-state index in [0.29, 0.717) is 17.2 Å². The van der Waals surface area contributed by atoms with Crippen molar-refractivity contribution in [3.63, 3.8) is 0 Å². The number of anilines is 1. The van der Waals surface area contributed by atoms with Gasteiger partial charge in [0.25, 0.3) is 5.91 Å². The molecule has 1 amide bonds. The van der Waals surface area contributed by atoms with E-state index in [1.165, 1.54) is 0 Å². The monoisotopic (exact) mass is 383 g/mol. The van der Waals surface area contributed by atoms with Crippen LogP contribution in [-0.2, 0) is 9.53 Å². The van der Waals surface area contributed by atoms with Gasteiger partial charge in [0.15, 0.2) is 6.61 Å². The van der Waals surface area contributed by atoms with Crippen molar-refractivity contribution in [2.24, 2.45) is 0 Å². The van der Waals surface area contributed by atoms with Gasteiger partial charge >= 0.3 is 5.97 Å². The number of halogens is 2. The summed E-state index contributed by atoms with van der Waals surface area (Å²) in [6, 6.07) is 18.7. The Morgan fingerprint density at radius 1 is 0.786 bits per heavy atom. The van der Waals surface area contributed by atoms with E-state index in [0.717, 1.165) is 18.2 Å². The number of hydrogen-bond donors (Lipinski definition) is 1. The van der Waals surface area contributed by atoms with Gasteiger partial charge < -0.3 is 14.8 Å². The van der Waals surface area contributed by atoms with Gasteiger partial charge in [-0.15, -0.1) is 0 Å². The maximum absolute atomic E-state index is 13.5. The molecule has 1 N–H and O–H groups in total. The molecule has 28 heavy (non-hydrogen) atoms. The van der Waals surface area contributed by atoms with E-state index < -0.39 is 35.7 Å². The first-order valence-corrected chi connectivity index (χ1v) is 8.27. The zero-order valence-electron chi connectivity index (χ0n) is 14.5. The fraction of sp³-hybridized carbons (Fsp3) is 0.0476. The number of carbonyl (C=O) groups excluding carboxylic acids is 2. The number of para-hydroxylation sites is 1. The number of nitrogens with one attached hydrogen (secondary N) is 1. The van der Waals surface area contributed by atoms with Gasteiger partial charge in [0, 0.05) is 5.69 Å². The molecule has 0 saturated heterocycles. The number of esters is 1. The van der Waals surface area contributed by atoms with Crippen LogP contribution in [-0.4, -0.2) is 18.5 Å². The molecule has 0 atom stereocenters. The van der Waals surface area contributed by atoms with Crippen LogP contribution in [0, 0.1) is 11.6 Å². The first kappa shape index (κ1) is 19.0. The Labute approximate surface area is 159 Å². The fourth-order valence-corrected chi connectivity index (χ4v) is 2.32. The molecule has 3 rings (SSSR count). The largest absolute Gasteiger partial charge is 0.457 e. The summed E-state index contributed by atoms with van der Waals surface area (Å²) in [6.45, 7) is -0.686. The molecule has 0 heterocycles. The maximum Gasteiger partial charge on any atom is 0.344 e. The van der Waals surface area contributed by atoms with Gasteiger partial charge in [0.05, 0.1) is 0 Å². The molecule has 3 aromatic rings. The highest BCUT2D eigenvalue weighted by Gasteiger charge is 2.19. The molecule has 0 aliphatic carbocycles. The van der Waals surface area contributed by atoms with Gasteiger partial charge in [-0.05, 0) is 48.5 Å². The van der Waals surface area contributed by atoms with E-state index in [4.69, 9.17) is 4.74 Å². The highest BCUT2D eigenvalue weighted by Crippen LogP contribution is 2.22. The summed E-state index contributed by atoms with van der Waals surface area (Å²) >= 11 is 0. The standard InChI is InChI=1S/C21H15F2NO4/c22-17-7-4-8-18(23)20(17)21(26)27-13-19(25)24-14-9-11-16(12-10-14)28-15-5-2-1-3-6-15/h1-12H,13H2,(H,24,25).